The quantitative estimate of drug-likeness (QED) is 0.330. The highest BCUT2D eigenvalue weighted by Gasteiger charge is 2.32. The molecule has 180 valence electrons. The third-order valence-corrected chi connectivity index (χ3v) is 5.75. The Bertz CT molecular complexity index is 1370. The first-order chi connectivity index (χ1) is 16.6. The number of para-hydroxylation sites is 1. The summed E-state index contributed by atoms with van der Waals surface area (Å²) in [6.45, 7) is 10.6. The minimum absolute atomic E-state index is 0.0747. The van der Waals surface area contributed by atoms with Crippen molar-refractivity contribution in [3.8, 4) is 5.75 Å². The minimum Gasteiger partial charge on any atom is -0.508 e. The minimum atomic E-state index is -0.627. The maximum absolute atomic E-state index is 13.3. The summed E-state index contributed by atoms with van der Waals surface area (Å²) in [5.41, 5.74) is 3.04. The third kappa shape index (κ3) is 5.51. The number of amides is 1. The predicted molar refractivity (Wildman–Crippen MR) is 137 cm³/mol. The van der Waals surface area contributed by atoms with Crippen LogP contribution in [0.3, 0.4) is 0 Å². The van der Waals surface area contributed by atoms with Gasteiger partial charge in [-0.15, -0.1) is 0 Å². The molecule has 1 amide bonds. The van der Waals surface area contributed by atoms with Crippen LogP contribution in [0.25, 0.3) is 16.6 Å². The molecule has 0 saturated carbocycles. The summed E-state index contributed by atoms with van der Waals surface area (Å²) in [5, 5.41) is 21.6. The molecule has 0 spiro atoms. The van der Waals surface area contributed by atoms with E-state index in [1.807, 2.05) is 49.7 Å². The largest absolute Gasteiger partial charge is 0.508 e. The van der Waals surface area contributed by atoms with Gasteiger partial charge in [-0.3, -0.25) is 9.48 Å². The van der Waals surface area contributed by atoms with E-state index in [1.54, 1.807) is 30.3 Å². The molecule has 1 heterocycles. The van der Waals surface area contributed by atoms with Crippen LogP contribution in [-0.4, -0.2) is 26.8 Å². The number of aromatic nitrogens is 2. The Morgan fingerprint density at radius 2 is 1.80 bits per heavy atom. The molecule has 1 atom stereocenters. The summed E-state index contributed by atoms with van der Waals surface area (Å²) in [7, 11) is 0. The van der Waals surface area contributed by atoms with E-state index >= 15 is 0 Å². The van der Waals surface area contributed by atoms with Crippen LogP contribution in [0.15, 0.2) is 79.4 Å². The number of nitrogens with one attached hydrogen (secondary N) is 2. The lowest BCUT2D eigenvalue weighted by atomic mass is 9.85. The Kier molecular flexibility index (Phi) is 6.60. The molecule has 4 rings (SSSR count). The first-order valence-corrected chi connectivity index (χ1v) is 11.4. The summed E-state index contributed by atoms with van der Waals surface area (Å²) in [4.78, 5) is 13.2. The van der Waals surface area contributed by atoms with E-state index in [2.05, 4.69) is 17.2 Å². The number of rotatable bonds is 7. The highest BCUT2D eigenvalue weighted by molar-refractivity contribution is 5.97. The number of halogens is 1. The van der Waals surface area contributed by atoms with E-state index < -0.39 is 11.5 Å². The average molecular weight is 473 g/mol. The van der Waals surface area contributed by atoms with Crippen LogP contribution in [0.1, 0.15) is 32.0 Å². The predicted octanol–water partition coefficient (Wildman–Crippen LogP) is 5.54. The van der Waals surface area contributed by atoms with Crippen LogP contribution in [0, 0.1) is 11.2 Å². The smallest absolute Gasteiger partial charge is 0.247 e. The van der Waals surface area contributed by atoms with Gasteiger partial charge in [-0.05, 0) is 41.3 Å². The fourth-order valence-electron chi connectivity index (χ4n) is 3.95. The van der Waals surface area contributed by atoms with Crippen molar-refractivity contribution in [3.05, 3.63) is 96.4 Å². The Balaban J connectivity index is 1.61. The fourth-order valence-corrected chi connectivity index (χ4v) is 3.95. The van der Waals surface area contributed by atoms with E-state index in [4.69, 9.17) is 5.10 Å². The summed E-state index contributed by atoms with van der Waals surface area (Å²) in [6, 6.07) is 19.9. The van der Waals surface area contributed by atoms with Crippen LogP contribution in [-0.2, 0) is 11.3 Å². The van der Waals surface area contributed by atoms with E-state index in [0.717, 1.165) is 16.5 Å². The summed E-state index contributed by atoms with van der Waals surface area (Å²) >= 11 is 0. The molecule has 0 fully saturated rings. The number of aromatic hydroxyl groups is 1. The molecule has 0 aliphatic carbocycles. The van der Waals surface area contributed by atoms with Crippen molar-refractivity contribution in [2.24, 2.45) is 5.41 Å². The normalized spacial score (nSPS) is 12.3. The Labute approximate surface area is 204 Å². The molecule has 3 N–H and O–H groups in total. The first kappa shape index (κ1) is 24.0. The van der Waals surface area contributed by atoms with Crippen LogP contribution < -0.4 is 10.6 Å². The molecular weight excluding hydrogens is 443 g/mol. The van der Waals surface area contributed by atoms with Crippen molar-refractivity contribution in [2.75, 3.05) is 5.32 Å². The van der Waals surface area contributed by atoms with Gasteiger partial charge >= 0.3 is 0 Å². The summed E-state index contributed by atoms with van der Waals surface area (Å²) in [6.07, 6.45) is 0. The number of benzene rings is 3. The van der Waals surface area contributed by atoms with Gasteiger partial charge in [0.15, 0.2) is 0 Å². The second-order valence-electron chi connectivity index (χ2n) is 9.61. The maximum atomic E-state index is 13.3. The molecular formula is C28H29FN4O2. The molecule has 0 bridgehead atoms. The lowest BCUT2D eigenvalue weighted by Gasteiger charge is -2.31. The molecule has 1 aromatic heterocycles. The molecule has 0 saturated heterocycles. The number of hydrogen-bond acceptors (Lipinski definition) is 4. The number of fused-ring (bicyclic) bond motifs is 1. The Morgan fingerprint density at radius 1 is 1.09 bits per heavy atom. The standard InChI is InChI=1S/C28H29FN4O2/c1-18(30-26(28(2,3)4)27(35)31-21-8-7-9-22(34)16-21)25-23-10-5-6-11-24(23)33(32-25)17-19-12-14-20(29)15-13-19/h5-16,26,30,34H,1,17H2,2-4H3,(H,31,35)/t26-/m1/s1. The second-order valence-corrected chi connectivity index (χ2v) is 9.61. The van der Waals surface area contributed by atoms with Gasteiger partial charge in [-0.25, -0.2) is 4.39 Å². The molecule has 3 aromatic carbocycles. The SMILES string of the molecule is C=C(N[C@H](C(=O)Nc1cccc(O)c1)C(C)(C)C)c1nn(Cc2ccc(F)cc2)c2ccccc12. The van der Waals surface area contributed by atoms with Crippen LogP contribution >= 0.6 is 0 Å². The van der Waals surface area contributed by atoms with E-state index in [9.17, 15) is 14.3 Å². The summed E-state index contributed by atoms with van der Waals surface area (Å²) in [5.74, 6) is -0.459. The fraction of sp³-hybridized carbons (Fsp3) is 0.214. The van der Waals surface area contributed by atoms with Gasteiger partial charge in [0, 0.05) is 17.1 Å². The Morgan fingerprint density at radius 3 is 2.49 bits per heavy atom. The van der Waals surface area contributed by atoms with E-state index in [-0.39, 0.29) is 17.5 Å². The molecule has 6 nitrogen and oxygen atoms in total. The van der Waals surface area contributed by atoms with Crippen molar-refractivity contribution < 1.29 is 14.3 Å². The Hall–Kier alpha value is -4.13. The van der Waals surface area contributed by atoms with Gasteiger partial charge < -0.3 is 15.7 Å². The van der Waals surface area contributed by atoms with Crippen molar-refractivity contribution in [1.29, 1.82) is 0 Å². The van der Waals surface area contributed by atoms with Gasteiger partial charge in [0.25, 0.3) is 0 Å². The number of carbonyl (C=O) groups excluding carboxylic acids is 1. The third-order valence-electron chi connectivity index (χ3n) is 5.75. The van der Waals surface area contributed by atoms with E-state index in [0.29, 0.717) is 23.6 Å². The lowest BCUT2D eigenvalue weighted by Crippen LogP contribution is -2.48. The second kappa shape index (κ2) is 9.62. The van der Waals surface area contributed by atoms with Gasteiger partial charge in [-0.1, -0.05) is 63.7 Å². The zero-order chi connectivity index (χ0) is 25.2. The number of nitrogens with zero attached hydrogens (tertiary/aromatic N) is 2. The molecule has 35 heavy (non-hydrogen) atoms. The van der Waals surface area contributed by atoms with Crippen molar-refractivity contribution in [2.45, 2.75) is 33.4 Å². The van der Waals surface area contributed by atoms with Gasteiger partial charge in [0.2, 0.25) is 5.91 Å². The maximum Gasteiger partial charge on any atom is 0.247 e. The highest BCUT2D eigenvalue weighted by atomic mass is 19.1. The zero-order valence-corrected chi connectivity index (χ0v) is 20.0. The summed E-state index contributed by atoms with van der Waals surface area (Å²) < 4.78 is 15.2. The number of anilines is 1. The number of phenolic OH excluding ortho intramolecular Hbond substituents is 1. The first-order valence-electron chi connectivity index (χ1n) is 11.4. The van der Waals surface area contributed by atoms with Crippen molar-refractivity contribution in [3.63, 3.8) is 0 Å². The van der Waals surface area contributed by atoms with Crippen LogP contribution in [0.2, 0.25) is 0 Å². The number of hydrogen-bond donors (Lipinski definition) is 3. The molecule has 7 heteroatoms. The zero-order valence-electron chi connectivity index (χ0n) is 20.0. The van der Waals surface area contributed by atoms with Gasteiger partial charge in [0.1, 0.15) is 23.3 Å². The van der Waals surface area contributed by atoms with E-state index in [1.165, 1.54) is 18.2 Å². The monoisotopic (exact) mass is 472 g/mol. The molecule has 0 aliphatic rings. The van der Waals surface area contributed by atoms with Crippen molar-refractivity contribution >= 4 is 28.2 Å². The molecule has 4 aromatic rings. The highest BCUT2D eigenvalue weighted by Crippen LogP contribution is 2.28. The lowest BCUT2D eigenvalue weighted by molar-refractivity contribution is -0.120. The van der Waals surface area contributed by atoms with Crippen LogP contribution in [0.5, 0.6) is 5.75 Å². The molecule has 0 unspecified atom stereocenters. The topological polar surface area (TPSA) is 79.2 Å². The van der Waals surface area contributed by atoms with Gasteiger partial charge in [-0.2, -0.15) is 5.10 Å². The average Bonchev–Trinajstić information content (AvgIpc) is 3.16. The van der Waals surface area contributed by atoms with Crippen LogP contribution in [0.4, 0.5) is 10.1 Å². The number of phenols is 1. The number of carbonyl (C=O) groups is 1. The van der Waals surface area contributed by atoms with Crippen molar-refractivity contribution in [1.82, 2.24) is 15.1 Å². The molecule has 0 aliphatic heterocycles. The van der Waals surface area contributed by atoms with Gasteiger partial charge in [0.05, 0.1) is 17.8 Å². The molecule has 0 radical (unpaired) electrons.